The van der Waals surface area contributed by atoms with Crippen molar-refractivity contribution in [3.63, 3.8) is 0 Å². The minimum atomic E-state index is -0.0580. The fourth-order valence-corrected chi connectivity index (χ4v) is 14.9. The molecule has 1 fully saturated rings. The van der Waals surface area contributed by atoms with E-state index in [0.717, 1.165) is 29.6 Å². The van der Waals surface area contributed by atoms with Gasteiger partial charge in [-0.25, -0.2) is 0 Å². The van der Waals surface area contributed by atoms with Gasteiger partial charge < -0.3 is 0 Å². The first-order valence-corrected chi connectivity index (χ1v) is 16.1. The van der Waals surface area contributed by atoms with E-state index < -0.39 is 0 Å². The molecular formula is C29H59P2+. The molecule has 0 radical (unpaired) electrons. The van der Waals surface area contributed by atoms with Crippen LogP contribution in [0.25, 0.3) is 0 Å². The molecule has 1 rings (SSSR count). The Labute approximate surface area is 201 Å². The third-order valence-corrected chi connectivity index (χ3v) is 16.3. The monoisotopic (exact) mass is 469 g/mol. The zero-order chi connectivity index (χ0) is 24.7. The smallest absolute Gasteiger partial charge is 0.0910 e. The van der Waals surface area contributed by atoms with Crippen LogP contribution in [0, 0.1) is 35.5 Å². The van der Waals surface area contributed by atoms with Crippen molar-refractivity contribution in [1.82, 2.24) is 0 Å². The second kappa shape index (κ2) is 10.2. The molecule has 4 unspecified atom stereocenters. The molecule has 1 aliphatic rings. The van der Waals surface area contributed by atoms with Gasteiger partial charge in [0.05, 0.1) is 12.3 Å². The Balaban J connectivity index is 3.39. The average Bonchev–Trinajstić information content (AvgIpc) is 2.52. The summed E-state index contributed by atoms with van der Waals surface area (Å²) in [4.78, 5) is 0. The van der Waals surface area contributed by atoms with Crippen molar-refractivity contribution < 1.29 is 0 Å². The summed E-state index contributed by atoms with van der Waals surface area (Å²) in [5.41, 5.74) is 0. The summed E-state index contributed by atoms with van der Waals surface area (Å²) in [6.07, 6.45) is 4.15. The van der Waals surface area contributed by atoms with Gasteiger partial charge in [0.2, 0.25) is 0 Å². The Bertz CT molecular complexity index is 475. The quantitative estimate of drug-likeness (QED) is 0.277. The van der Waals surface area contributed by atoms with Crippen molar-refractivity contribution in [2.24, 2.45) is 29.6 Å². The topological polar surface area (TPSA) is 0 Å². The maximum absolute atomic E-state index is 2.59. The number of rotatable bonds is 5. The van der Waals surface area contributed by atoms with Gasteiger partial charge in [0.15, 0.2) is 0 Å². The molecular weight excluding hydrogens is 410 g/mol. The first-order chi connectivity index (χ1) is 13.6. The van der Waals surface area contributed by atoms with Gasteiger partial charge in [0.25, 0.3) is 0 Å². The first-order valence-electron chi connectivity index (χ1n) is 13.0. The molecule has 0 spiro atoms. The Morgan fingerprint density at radius 3 is 0.968 bits per heavy atom. The van der Waals surface area contributed by atoms with E-state index in [1.807, 2.05) is 5.92 Å². The predicted octanol–water partition coefficient (Wildman–Crippen LogP) is 10.3. The molecule has 2 heteroatoms. The van der Waals surface area contributed by atoms with Gasteiger partial charge in [-0.2, -0.15) is 0 Å². The van der Waals surface area contributed by atoms with Crippen LogP contribution in [0.15, 0.2) is 0 Å². The van der Waals surface area contributed by atoms with E-state index >= 15 is 0 Å². The molecule has 31 heavy (non-hydrogen) atoms. The maximum atomic E-state index is 2.59. The Hall–Kier alpha value is 0.730. The molecule has 1 aliphatic carbocycles. The van der Waals surface area contributed by atoms with E-state index in [2.05, 4.69) is 111 Å². The van der Waals surface area contributed by atoms with E-state index in [0.29, 0.717) is 20.6 Å². The van der Waals surface area contributed by atoms with Crippen molar-refractivity contribution >= 4 is 15.8 Å². The largest absolute Gasteiger partial charge is 0.107 e. The fraction of sp³-hybridized carbons (Fsp3) is 0.966. The lowest BCUT2D eigenvalue weighted by molar-refractivity contribution is 0.108. The van der Waals surface area contributed by atoms with Crippen LogP contribution in [-0.4, -0.2) is 32.9 Å². The maximum Gasteiger partial charge on any atom is 0.107 e. The Morgan fingerprint density at radius 2 is 0.774 bits per heavy atom. The minimum Gasteiger partial charge on any atom is -0.0910 e. The van der Waals surface area contributed by atoms with Gasteiger partial charge in [0, 0.05) is 24.2 Å². The zero-order valence-electron chi connectivity index (χ0n) is 24.4. The summed E-state index contributed by atoms with van der Waals surface area (Å²) >= 11 is 0. The van der Waals surface area contributed by atoms with Gasteiger partial charge in [-0.05, 0) is 33.5 Å². The van der Waals surface area contributed by atoms with Crippen LogP contribution in [0.5, 0.6) is 0 Å². The van der Waals surface area contributed by atoms with Crippen LogP contribution in [0.2, 0.25) is 0 Å². The van der Waals surface area contributed by atoms with Crippen molar-refractivity contribution in [2.75, 3.05) is 12.3 Å². The van der Waals surface area contributed by atoms with Gasteiger partial charge in [-0.3, -0.25) is 0 Å². The molecule has 0 N–H and O–H groups in total. The van der Waals surface area contributed by atoms with Crippen LogP contribution in [-0.2, 0) is 0 Å². The van der Waals surface area contributed by atoms with Crippen molar-refractivity contribution in [1.29, 1.82) is 0 Å². The fourth-order valence-electron chi connectivity index (χ4n) is 6.75. The number of hydrogen-bond donors (Lipinski definition) is 0. The lowest BCUT2D eigenvalue weighted by Crippen LogP contribution is -2.46. The molecule has 0 saturated heterocycles. The molecule has 0 aliphatic heterocycles. The van der Waals surface area contributed by atoms with Crippen molar-refractivity contribution in [3.8, 4) is 0 Å². The Kier molecular flexibility index (Phi) is 9.74. The highest BCUT2D eigenvalue weighted by atomic mass is 31.1. The van der Waals surface area contributed by atoms with Crippen LogP contribution in [0.4, 0.5) is 0 Å². The highest BCUT2D eigenvalue weighted by Crippen LogP contribution is 2.66. The van der Waals surface area contributed by atoms with E-state index in [1.165, 1.54) is 18.7 Å². The molecule has 4 atom stereocenters. The summed E-state index contributed by atoms with van der Waals surface area (Å²) < 4.78 is 0. The first kappa shape index (κ1) is 29.8. The predicted molar refractivity (Wildman–Crippen MR) is 151 cm³/mol. The summed E-state index contributed by atoms with van der Waals surface area (Å²) in [5.74, 6) is 6.00. The minimum absolute atomic E-state index is 0.0580. The zero-order valence-corrected chi connectivity index (χ0v) is 26.2. The second-order valence-corrected chi connectivity index (χ2v) is 22.4. The van der Waals surface area contributed by atoms with E-state index in [4.69, 9.17) is 0 Å². The highest BCUT2D eigenvalue weighted by molar-refractivity contribution is 7.61. The molecule has 0 aromatic rings. The Morgan fingerprint density at radius 1 is 0.516 bits per heavy atom. The molecule has 0 aromatic heterocycles. The molecule has 0 aromatic carbocycles. The van der Waals surface area contributed by atoms with Crippen molar-refractivity contribution in [2.45, 2.75) is 138 Å². The van der Waals surface area contributed by atoms with E-state index in [-0.39, 0.29) is 15.8 Å². The van der Waals surface area contributed by atoms with E-state index in [1.54, 1.807) is 0 Å². The molecule has 0 nitrogen and oxygen atoms in total. The second-order valence-electron chi connectivity index (χ2n) is 14.6. The van der Waals surface area contributed by atoms with Crippen LogP contribution in [0.1, 0.15) is 117 Å². The third-order valence-electron chi connectivity index (χ3n) is 8.29. The normalized spacial score (nSPS) is 29.2. The van der Waals surface area contributed by atoms with Crippen LogP contribution in [0.3, 0.4) is 0 Å². The lowest BCUT2D eigenvalue weighted by Gasteiger charge is -2.50. The molecule has 1 saturated carbocycles. The summed E-state index contributed by atoms with van der Waals surface area (Å²) in [6.45, 7) is 40.3. The molecule has 0 bridgehead atoms. The van der Waals surface area contributed by atoms with Gasteiger partial charge in [-0.1, -0.05) is 120 Å². The van der Waals surface area contributed by atoms with E-state index in [9.17, 15) is 0 Å². The lowest BCUT2D eigenvalue weighted by atomic mass is 9.58. The van der Waals surface area contributed by atoms with Crippen LogP contribution >= 0.6 is 15.8 Å². The standard InChI is InChI=1S/C29H59P2/c1-17-23-24(18-30(26(5,6)7)27(8,9)10)21(3)20(2)22(4)25(23)19-31(28(11,12)13)29(14,15)16/h20-22,24-25H,17-19H2,1-16H3/q+1. The third kappa shape index (κ3) is 7.35. The van der Waals surface area contributed by atoms with Gasteiger partial charge in [0.1, 0.15) is 11.8 Å². The summed E-state index contributed by atoms with van der Waals surface area (Å²) in [5, 5.41) is 1.66. The highest BCUT2D eigenvalue weighted by Gasteiger charge is 2.55. The molecule has 184 valence electrons. The molecule has 0 amide bonds. The van der Waals surface area contributed by atoms with Crippen LogP contribution < -0.4 is 0 Å². The summed E-state index contributed by atoms with van der Waals surface area (Å²) in [6, 6.07) is 0. The number of hydrogen-bond acceptors (Lipinski definition) is 0. The van der Waals surface area contributed by atoms with Crippen molar-refractivity contribution in [3.05, 3.63) is 5.92 Å². The van der Waals surface area contributed by atoms with Gasteiger partial charge in [-0.15, -0.1) is 0 Å². The van der Waals surface area contributed by atoms with Gasteiger partial charge >= 0.3 is 0 Å². The average molecular weight is 470 g/mol. The SMILES string of the molecule is CC[C+]1C(CP(C(C)(C)C)C(C)(C)C)C(C)C(C)C(C)C1CP(C(C)(C)C)C(C)(C)C. The molecule has 0 heterocycles. The summed E-state index contributed by atoms with van der Waals surface area (Å²) in [7, 11) is -0.116.